The number of hydrogen-bond acceptors (Lipinski definition) is 4. The number of nitrogens with one attached hydrogen (secondary N) is 1. The van der Waals surface area contributed by atoms with E-state index < -0.39 is 6.04 Å². The maximum Gasteiger partial charge on any atom is 0.238 e. The first-order chi connectivity index (χ1) is 8.72. The minimum atomic E-state index is -0.391. The lowest BCUT2D eigenvalue weighted by molar-refractivity contribution is -0.126. The van der Waals surface area contributed by atoms with Crippen LogP contribution in [0, 0.1) is 11.3 Å². The van der Waals surface area contributed by atoms with Crippen molar-refractivity contribution in [3.63, 3.8) is 0 Å². The van der Waals surface area contributed by atoms with Gasteiger partial charge < -0.3 is 9.73 Å². The largest absolute Gasteiger partial charge is 0.468 e. The second-order valence-electron chi connectivity index (χ2n) is 4.56. The minimum absolute atomic E-state index is 0.0625. The van der Waals surface area contributed by atoms with Gasteiger partial charge in [0.1, 0.15) is 11.8 Å². The van der Waals surface area contributed by atoms with Crippen LogP contribution in [0.4, 0.5) is 0 Å². The minimum Gasteiger partial charge on any atom is -0.468 e. The van der Waals surface area contributed by atoms with Crippen molar-refractivity contribution < 1.29 is 9.21 Å². The van der Waals surface area contributed by atoms with Gasteiger partial charge in [0.2, 0.25) is 5.91 Å². The molecule has 0 aromatic carbocycles. The van der Waals surface area contributed by atoms with E-state index >= 15 is 0 Å². The Morgan fingerprint density at radius 3 is 3.17 bits per heavy atom. The van der Waals surface area contributed by atoms with Crippen molar-refractivity contribution in [2.24, 2.45) is 0 Å². The topological polar surface area (TPSA) is 69.3 Å². The second kappa shape index (κ2) is 5.69. The fraction of sp³-hybridized carbons (Fsp3) is 0.538. The highest BCUT2D eigenvalue weighted by Gasteiger charge is 2.32. The molecule has 96 valence electrons. The third kappa shape index (κ3) is 2.71. The predicted octanol–water partition coefficient (Wildman–Crippen LogP) is 1.27. The highest BCUT2D eigenvalue weighted by molar-refractivity contribution is 5.82. The van der Waals surface area contributed by atoms with E-state index in [0.29, 0.717) is 13.1 Å². The molecule has 5 nitrogen and oxygen atoms in total. The van der Waals surface area contributed by atoms with Crippen LogP contribution in [-0.2, 0) is 11.3 Å². The summed E-state index contributed by atoms with van der Waals surface area (Å²) in [7, 11) is 0. The molecule has 2 atom stereocenters. The molecule has 2 unspecified atom stereocenters. The summed E-state index contributed by atoms with van der Waals surface area (Å²) in [6.45, 7) is 3.30. The monoisotopic (exact) mass is 247 g/mol. The van der Waals surface area contributed by atoms with Gasteiger partial charge in [-0.15, -0.1) is 0 Å². The zero-order valence-electron chi connectivity index (χ0n) is 10.4. The molecule has 1 aliphatic heterocycles. The number of carbonyl (C=O) groups excluding carboxylic acids is 1. The van der Waals surface area contributed by atoms with Crippen molar-refractivity contribution in [2.75, 3.05) is 6.54 Å². The number of hydrogen-bond donors (Lipinski definition) is 1. The average Bonchev–Trinajstić information content (AvgIpc) is 2.81. The number of rotatable bonds is 3. The molecule has 0 radical (unpaired) electrons. The van der Waals surface area contributed by atoms with Gasteiger partial charge in [0.05, 0.1) is 25.3 Å². The fourth-order valence-corrected chi connectivity index (χ4v) is 2.29. The molecule has 0 saturated carbocycles. The smallest absolute Gasteiger partial charge is 0.238 e. The molecule has 1 aromatic rings. The van der Waals surface area contributed by atoms with Crippen molar-refractivity contribution in [2.45, 2.75) is 38.4 Å². The van der Waals surface area contributed by atoms with E-state index in [9.17, 15) is 4.79 Å². The molecule has 1 saturated heterocycles. The molecule has 0 spiro atoms. The normalized spacial score (nSPS) is 25.2. The van der Waals surface area contributed by atoms with Crippen LogP contribution < -0.4 is 5.32 Å². The Balaban J connectivity index is 2.19. The number of amides is 1. The Bertz CT molecular complexity index is 436. The lowest BCUT2D eigenvalue weighted by Crippen LogP contribution is -2.46. The quantitative estimate of drug-likeness (QED) is 0.873. The summed E-state index contributed by atoms with van der Waals surface area (Å²) in [4.78, 5) is 14.0. The molecular weight excluding hydrogens is 230 g/mol. The van der Waals surface area contributed by atoms with Gasteiger partial charge in [0.15, 0.2) is 0 Å². The molecule has 5 heteroatoms. The fourth-order valence-electron chi connectivity index (χ4n) is 2.29. The molecule has 1 aromatic heterocycles. The summed E-state index contributed by atoms with van der Waals surface area (Å²) in [5.41, 5.74) is 0. The molecule has 18 heavy (non-hydrogen) atoms. The molecule has 0 aliphatic carbocycles. The Kier molecular flexibility index (Phi) is 4.00. The summed E-state index contributed by atoms with van der Waals surface area (Å²) >= 11 is 0. The zero-order chi connectivity index (χ0) is 13.0. The summed E-state index contributed by atoms with van der Waals surface area (Å²) in [5.74, 6) is 0.756. The molecule has 1 N–H and O–H groups in total. The lowest BCUT2D eigenvalue weighted by atomic mass is 10.1. The van der Waals surface area contributed by atoms with Gasteiger partial charge in [-0.3, -0.25) is 9.69 Å². The average molecular weight is 247 g/mol. The van der Waals surface area contributed by atoms with E-state index in [1.165, 1.54) is 0 Å². The summed E-state index contributed by atoms with van der Waals surface area (Å²) in [6.07, 6.45) is 2.71. The lowest BCUT2D eigenvalue weighted by Gasteiger charge is -2.30. The molecular formula is C13H17N3O2. The van der Waals surface area contributed by atoms with Crippen molar-refractivity contribution in [3.05, 3.63) is 24.2 Å². The number of nitrogens with zero attached hydrogens (tertiary/aromatic N) is 2. The first-order valence-corrected chi connectivity index (χ1v) is 6.15. The number of carbonyl (C=O) groups is 1. The van der Waals surface area contributed by atoms with E-state index in [1.54, 1.807) is 6.26 Å². The van der Waals surface area contributed by atoms with Crippen LogP contribution in [0.1, 0.15) is 25.5 Å². The Morgan fingerprint density at radius 2 is 2.50 bits per heavy atom. The van der Waals surface area contributed by atoms with Crippen molar-refractivity contribution >= 4 is 5.91 Å². The Hall–Kier alpha value is -1.80. The van der Waals surface area contributed by atoms with Crippen LogP contribution in [0.15, 0.2) is 22.8 Å². The van der Waals surface area contributed by atoms with E-state index in [4.69, 9.17) is 9.68 Å². The third-order valence-corrected chi connectivity index (χ3v) is 3.33. The number of furan rings is 1. The summed E-state index contributed by atoms with van der Waals surface area (Å²) < 4.78 is 5.33. The SMILES string of the molecule is CC1CCNC(=O)C(CC#N)N1Cc1ccco1. The summed E-state index contributed by atoms with van der Waals surface area (Å²) in [5, 5.41) is 11.7. The van der Waals surface area contributed by atoms with Crippen LogP contribution in [0.25, 0.3) is 0 Å². The highest BCUT2D eigenvalue weighted by atomic mass is 16.3. The van der Waals surface area contributed by atoms with E-state index in [2.05, 4.69) is 18.3 Å². The van der Waals surface area contributed by atoms with Gasteiger partial charge in [0, 0.05) is 12.6 Å². The van der Waals surface area contributed by atoms with Crippen LogP contribution in [0.2, 0.25) is 0 Å². The van der Waals surface area contributed by atoms with Crippen molar-refractivity contribution in [1.82, 2.24) is 10.2 Å². The van der Waals surface area contributed by atoms with E-state index in [0.717, 1.165) is 12.2 Å². The van der Waals surface area contributed by atoms with Gasteiger partial charge in [-0.25, -0.2) is 0 Å². The first-order valence-electron chi connectivity index (χ1n) is 6.15. The Labute approximate surface area is 106 Å². The van der Waals surface area contributed by atoms with Crippen LogP contribution in [0.5, 0.6) is 0 Å². The van der Waals surface area contributed by atoms with E-state index in [1.807, 2.05) is 17.0 Å². The van der Waals surface area contributed by atoms with Crippen LogP contribution >= 0.6 is 0 Å². The third-order valence-electron chi connectivity index (χ3n) is 3.33. The maximum atomic E-state index is 12.0. The van der Waals surface area contributed by atoms with Gasteiger partial charge in [-0.05, 0) is 25.5 Å². The van der Waals surface area contributed by atoms with E-state index in [-0.39, 0.29) is 18.4 Å². The molecule has 1 amide bonds. The number of nitriles is 1. The van der Waals surface area contributed by atoms with Gasteiger partial charge in [-0.2, -0.15) is 5.26 Å². The highest BCUT2D eigenvalue weighted by Crippen LogP contribution is 2.19. The van der Waals surface area contributed by atoms with Crippen LogP contribution in [0.3, 0.4) is 0 Å². The van der Waals surface area contributed by atoms with Gasteiger partial charge in [0.25, 0.3) is 0 Å². The predicted molar refractivity (Wildman–Crippen MR) is 65.4 cm³/mol. The van der Waals surface area contributed by atoms with Gasteiger partial charge in [-0.1, -0.05) is 0 Å². The first kappa shape index (κ1) is 12.7. The maximum absolute atomic E-state index is 12.0. The molecule has 1 fully saturated rings. The molecule has 2 rings (SSSR count). The van der Waals surface area contributed by atoms with Crippen molar-refractivity contribution in [3.8, 4) is 6.07 Å². The molecule has 0 bridgehead atoms. The Morgan fingerprint density at radius 1 is 1.67 bits per heavy atom. The van der Waals surface area contributed by atoms with Crippen molar-refractivity contribution in [1.29, 1.82) is 5.26 Å². The van der Waals surface area contributed by atoms with Gasteiger partial charge >= 0.3 is 0 Å². The summed E-state index contributed by atoms with van der Waals surface area (Å²) in [6, 6.07) is 5.66. The standard InChI is InChI=1S/C13H17N3O2/c1-10-5-7-15-13(17)12(4-6-14)16(10)9-11-3-2-8-18-11/h2-3,8,10,12H,4-5,7,9H2,1H3,(H,15,17). The molecule has 2 heterocycles. The second-order valence-corrected chi connectivity index (χ2v) is 4.56. The molecule has 1 aliphatic rings. The zero-order valence-corrected chi connectivity index (χ0v) is 10.4. The van der Waals surface area contributed by atoms with Crippen LogP contribution in [-0.4, -0.2) is 29.4 Å².